The highest BCUT2D eigenvalue weighted by Gasteiger charge is 2.26. The maximum absolute atomic E-state index is 12.3. The van der Waals surface area contributed by atoms with E-state index in [4.69, 9.17) is 11.6 Å². The van der Waals surface area contributed by atoms with E-state index in [1.807, 2.05) is 0 Å². The first-order valence-electron chi connectivity index (χ1n) is 6.08. The van der Waals surface area contributed by atoms with Crippen LogP contribution in [0, 0.1) is 5.92 Å². The van der Waals surface area contributed by atoms with Crippen LogP contribution in [0.2, 0.25) is 5.02 Å². The van der Waals surface area contributed by atoms with Gasteiger partial charge in [-0.3, -0.25) is 0 Å². The lowest BCUT2D eigenvalue weighted by atomic mass is 9.96. The van der Waals surface area contributed by atoms with Crippen molar-refractivity contribution in [2.75, 3.05) is 13.1 Å². The van der Waals surface area contributed by atoms with Gasteiger partial charge in [-0.05, 0) is 53.0 Å². The van der Waals surface area contributed by atoms with E-state index in [-0.39, 0.29) is 10.9 Å². The Morgan fingerprint density at radius 2 is 2.21 bits per heavy atom. The van der Waals surface area contributed by atoms with Gasteiger partial charge < -0.3 is 5.32 Å². The summed E-state index contributed by atoms with van der Waals surface area (Å²) in [7, 11) is -3.53. The molecule has 1 fully saturated rings. The van der Waals surface area contributed by atoms with E-state index in [0.29, 0.717) is 22.0 Å². The first-order valence-corrected chi connectivity index (χ1v) is 8.73. The molecule has 1 aromatic carbocycles. The first-order chi connectivity index (χ1) is 8.90. The first kappa shape index (κ1) is 15.3. The Bertz CT molecular complexity index is 565. The van der Waals surface area contributed by atoms with Crippen LogP contribution in [0.4, 0.5) is 0 Å². The number of sulfonamides is 1. The maximum atomic E-state index is 12.3. The number of hydrogen-bond acceptors (Lipinski definition) is 3. The molecule has 4 nitrogen and oxygen atoms in total. The minimum absolute atomic E-state index is 0.0822. The SMILES string of the molecule is CC1CCNCC1NS(=O)(=O)c1ccc(Br)c(Cl)c1. The minimum Gasteiger partial charge on any atom is -0.315 e. The molecule has 0 aromatic heterocycles. The highest BCUT2D eigenvalue weighted by Crippen LogP contribution is 2.25. The molecule has 1 aromatic rings. The highest BCUT2D eigenvalue weighted by molar-refractivity contribution is 9.10. The highest BCUT2D eigenvalue weighted by atomic mass is 79.9. The molecule has 1 aliphatic rings. The molecule has 2 unspecified atom stereocenters. The van der Waals surface area contributed by atoms with E-state index >= 15 is 0 Å². The number of rotatable bonds is 3. The van der Waals surface area contributed by atoms with Crippen molar-refractivity contribution < 1.29 is 8.42 Å². The van der Waals surface area contributed by atoms with Gasteiger partial charge in [0, 0.05) is 17.1 Å². The summed E-state index contributed by atoms with van der Waals surface area (Å²) in [5, 5.41) is 3.59. The van der Waals surface area contributed by atoms with Crippen molar-refractivity contribution in [1.29, 1.82) is 0 Å². The standard InChI is InChI=1S/C12H16BrClN2O2S/c1-8-4-5-15-7-12(8)16-19(17,18)9-2-3-10(13)11(14)6-9/h2-3,6,8,12,15-16H,4-5,7H2,1H3. The van der Waals surface area contributed by atoms with E-state index in [2.05, 4.69) is 32.9 Å². The van der Waals surface area contributed by atoms with Crippen LogP contribution in [0.1, 0.15) is 13.3 Å². The number of piperidine rings is 1. The van der Waals surface area contributed by atoms with Crippen LogP contribution in [0.5, 0.6) is 0 Å². The monoisotopic (exact) mass is 366 g/mol. The molecule has 2 rings (SSSR count). The van der Waals surface area contributed by atoms with E-state index in [1.54, 1.807) is 12.1 Å². The average molecular weight is 368 g/mol. The molecule has 0 saturated carbocycles. The summed E-state index contributed by atoms with van der Waals surface area (Å²) in [6, 6.07) is 4.55. The quantitative estimate of drug-likeness (QED) is 0.862. The summed E-state index contributed by atoms with van der Waals surface area (Å²) in [6.45, 7) is 3.65. The van der Waals surface area contributed by atoms with Crippen LogP contribution in [-0.4, -0.2) is 27.5 Å². The van der Waals surface area contributed by atoms with Crippen LogP contribution in [0.25, 0.3) is 0 Å². The van der Waals surface area contributed by atoms with Crippen molar-refractivity contribution >= 4 is 37.6 Å². The normalized spacial score (nSPS) is 24.4. The van der Waals surface area contributed by atoms with Crippen LogP contribution >= 0.6 is 27.5 Å². The predicted molar refractivity (Wildman–Crippen MR) is 79.9 cm³/mol. The lowest BCUT2D eigenvalue weighted by molar-refractivity contribution is 0.327. The van der Waals surface area contributed by atoms with Crippen molar-refractivity contribution in [3.05, 3.63) is 27.7 Å². The predicted octanol–water partition coefficient (Wildman–Crippen LogP) is 2.38. The number of nitrogens with one attached hydrogen (secondary N) is 2. The van der Waals surface area contributed by atoms with E-state index in [9.17, 15) is 8.42 Å². The molecule has 19 heavy (non-hydrogen) atoms. The summed E-state index contributed by atoms with van der Waals surface area (Å²) >= 11 is 9.19. The van der Waals surface area contributed by atoms with Gasteiger partial charge in [0.05, 0.1) is 9.92 Å². The molecule has 0 radical (unpaired) electrons. The minimum atomic E-state index is -3.53. The Morgan fingerprint density at radius 3 is 2.84 bits per heavy atom. The van der Waals surface area contributed by atoms with Crippen molar-refractivity contribution in [3.63, 3.8) is 0 Å². The summed E-state index contributed by atoms with van der Waals surface area (Å²) < 4.78 is 28.0. The Labute approximate surface area is 127 Å². The molecular weight excluding hydrogens is 352 g/mol. The fourth-order valence-corrected chi connectivity index (χ4v) is 3.92. The van der Waals surface area contributed by atoms with Crippen LogP contribution in [0.15, 0.2) is 27.6 Å². The molecule has 0 bridgehead atoms. The molecule has 7 heteroatoms. The zero-order chi connectivity index (χ0) is 14.0. The Hall–Kier alpha value is -0.140. The van der Waals surface area contributed by atoms with Gasteiger partial charge in [0.2, 0.25) is 10.0 Å². The summed E-state index contributed by atoms with van der Waals surface area (Å²) in [5.41, 5.74) is 0. The second kappa shape index (κ2) is 6.10. The average Bonchev–Trinajstić information content (AvgIpc) is 2.35. The van der Waals surface area contributed by atoms with E-state index in [1.165, 1.54) is 6.07 Å². The van der Waals surface area contributed by atoms with Crippen LogP contribution in [0.3, 0.4) is 0 Å². The largest absolute Gasteiger partial charge is 0.315 e. The molecule has 106 valence electrons. The molecule has 1 saturated heterocycles. The smallest absolute Gasteiger partial charge is 0.240 e. The molecular formula is C12H16BrClN2O2S. The third-order valence-corrected chi connectivity index (χ3v) is 6.06. The second-order valence-electron chi connectivity index (χ2n) is 4.77. The van der Waals surface area contributed by atoms with E-state index < -0.39 is 10.0 Å². The van der Waals surface area contributed by atoms with E-state index in [0.717, 1.165) is 13.0 Å². The Balaban J connectivity index is 2.19. The lowest BCUT2D eigenvalue weighted by Crippen LogP contribution is -2.50. The molecule has 0 spiro atoms. The Kier molecular flexibility index (Phi) is 4.89. The van der Waals surface area contributed by atoms with Gasteiger partial charge in [-0.15, -0.1) is 0 Å². The number of benzene rings is 1. The van der Waals surface area contributed by atoms with Gasteiger partial charge in [0.1, 0.15) is 0 Å². The van der Waals surface area contributed by atoms with Gasteiger partial charge in [0.15, 0.2) is 0 Å². The van der Waals surface area contributed by atoms with Gasteiger partial charge in [0.25, 0.3) is 0 Å². The molecule has 2 N–H and O–H groups in total. The van der Waals surface area contributed by atoms with Gasteiger partial charge in [-0.25, -0.2) is 13.1 Å². The van der Waals surface area contributed by atoms with Crippen LogP contribution < -0.4 is 10.0 Å². The zero-order valence-corrected chi connectivity index (χ0v) is 13.6. The van der Waals surface area contributed by atoms with Gasteiger partial charge in [-0.2, -0.15) is 0 Å². The van der Waals surface area contributed by atoms with Gasteiger partial charge in [-0.1, -0.05) is 18.5 Å². The topological polar surface area (TPSA) is 58.2 Å². The maximum Gasteiger partial charge on any atom is 0.240 e. The lowest BCUT2D eigenvalue weighted by Gasteiger charge is -2.30. The summed E-state index contributed by atoms with van der Waals surface area (Å²) in [6.07, 6.45) is 0.967. The fourth-order valence-electron chi connectivity index (χ4n) is 2.06. The van der Waals surface area contributed by atoms with Crippen LogP contribution in [-0.2, 0) is 10.0 Å². The molecule has 1 heterocycles. The molecule has 0 amide bonds. The van der Waals surface area contributed by atoms with Crippen molar-refractivity contribution in [2.45, 2.75) is 24.3 Å². The number of halogens is 2. The van der Waals surface area contributed by atoms with Crippen molar-refractivity contribution in [1.82, 2.24) is 10.0 Å². The molecule has 1 aliphatic heterocycles. The third kappa shape index (κ3) is 3.70. The second-order valence-corrected chi connectivity index (χ2v) is 7.75. The Morgan fingerprint density at radius 1 is 1.47 bits per heavy atom. The summed E-state index contributed by atoms with van der Waals surface area (Å²) in [5.74, 6) is 0.321. The van der Waals surface area contributed by atoms with Crippen molar-refractivity contribution in [3.8, 4) is 0 Å². The number of hydrogen-bond donors (Lipinski definition) is 2. The third-order valence-electron chi connectivity index (χ3n) is 3.34. The summed E-state index contributed by atoms with van der Waals surface area (Å²) in [4.78, 5) is 0.193. The zero-order valence-electron chi connectivity index (χ0n) is 10.5. The fraction of sp³-hybridized carbons (Fsp3) is 0.500. The van der Waals surface area contributed by atoms with Crippen molar-refractivity contribution in [2.24, 2.45) is 5.92 Å². The molecule has 2 atom stereocenters. The van der Waals surface area contributed by atoms with Gasteiger partial charge >= 0.3 is 0 Å². The molecule has 0 aliphatic carbocycles.